The molecular weight excluding hydrogens is 302 g/mol. The van der Waals surface area contributed by atoms with Crippen LogP contribution < -0.4 is 0 Å². The van der Waals surface area contributed by atoms with Crippen molar-refractivity contribution < 1.29 is 19.4 Å². The molecule has 0 spiro atoms. The summed E-state index contributed by atoms with van der Waals surface area (Å²) in [6, 6.07) is 2.59. The van der Waals surface area contributed by atoms with Gasteiger partial charge in [-0.3, -0.25) is 4.79 Å². The third kappa shape index (κ3) is 3.38. The maximum Gasteiger partial charge on any atom is 0.378 e. The van der Waals surface area contributed by atoms with E-state index in [0.29, 0.717) is 6.08 Å². The highest BCUT2D eigenvalue weighted by molar-refractivity contribution is 6.44. The van der Waals surface area contributed by atoms with E-state index in [-0.39, 0.29) is 20.6 Å². The van der Waals surface area contributed by atoms with Crippen LogP contribution in [0.4, 0.5) is 0 Å². The summed E-state index contributed by atoms with van der Waals surface area (Å²) in [6.07, 6.45) is 0.692. The van der Waals surface area contributed by atoms with Crippen molar-refractivity contribution in [1.29, 1.82) is 0 Å². The molecule has 0 amide bonds. The Morgan fingerprint density at radius 1 is 1.17 bits per heavy atom. The maximum absolute atomic E-state index is 11.2. The van der Waals surface area contributed by atoms with Gasteiger partial charge in [-0.2, -0.15) is 0 Å². The zero-order valence-electron chi connectivity index (χ0n) is 9.04. The molecule has 18 heavy (non-hydrogen) atoms. The van der Waals surface area contributed by atoms with E-state index < -0.39 is 17.5 Å². The monoisotopic (exact) mass is 308 g/mol. The number of aliphatic hydroxyl groups is 1. The second-order valence-corrected chi connectivity index (χ2v) is 4.35. The molecule has 0 aliphatic rings. The maximum atomic E-state index is 11.2. The van der Waals surface area contributed by atoms with Crippen molar-refractivity contribution in [3.05, 3.63) is 38.8 Å². The second kappa shape index (κ2) is 6.09. The number of carbonyl (C=O) groups excluding carboxylic acids is 2. The summed E-state index contributed by atoms with van der Waals surface area (Å²) in [5.41, 5.74) is 0.0864. The number of hydrogen-bond acceptors (Lipinski definition) is 4. The van der Waals surface area contributed by atoms with E-state index in [2.05, 4.69) is 4.74 Å². The van der Waals surface area contributed by atoms with Gasteiger partial charge in [0.05, 0.1) is 22.2 Å². The van der Waals surface area contributed by atoms with Gasteiger partial charge < -0.3 is 9.84 Å². The van der Waals surface area contributed by atoms with Crippen LogP contribution in [-0.4, -0.2) is 24.0 Å². The Labute approximate surface area is 118 Å². The predicted molar refractivity (Wildman–Crippen MR) is 69.1 cm³/mol. The minimum Gasteiger partial charge on any atom is -0.507 e. The summed E-state index contributed by atoms with van der Waals surface area (Å²) in [6.45, 7) is 0. The number of carbonyl (C=O) groups is 2. The SMILES string of the molecule is COC(=O)C(=O)/C=C(\O)c1cc(Cl)c(Cl)cc1Cl. The fourth-order valence-corrected chi connectivity index (χ4v) is 1.72. The van der Waals surface area contributed by atoms with Crippen LogP contribution in [0.25, 0.3) is 5.76 Å². The molecule has 4 nitrogen and oxygen atoms in total. The average molecular weight is 310 g/mol. The lowest BCUT2D eigenvalue weighted by atomic mass is 10.1. The standard InChI is InChI=1S/C11H7Cl3O4/c1-18-11(17)10(16)4-9(15)5-2-7(13)8(14)3-6(5)12/h2-4,15H,1H3/b9-4-. The molecule has 0 bridgehead atoms. The van der Waals surface area contributed by atoms with E-state index in [4.69, 9.17) is 34.8 Å². The number of halogens is 3. The first-order chi connectivity index (χ1) is 8.36. The van der Waals surface area contributed by atoms with Crippen molar-refractivity contribution in [3.63, 3.8) is 0 Å². The molecule has 1 aromatic carbocycles. The first-order valence-corrected chi connectivity index (χ1v) is 5.68. The molecule has 0 radical (unpaired) electrons. The van der Waals surface area contributed by atoms with Crippen LogP contribution in [0.1, 0.15) is 5.56 Å². The molecule has 7 heteroatoms. The molecule has 0 atom stereocenters. The molecule has 0 saturated carbocycles. The van der Waals surface area contributed by atoms with Gasteiger partial charge in [-0.25, -0.2) is 4.79 Å². The van der Waals surface area contributed by atoms with Crippen LogP contribution in [0.5, 0.6) is 0 Å². The van der Waals surface area contributed by atoms with Crippen molar-refractivity contribution in [3.8, 4) is 0 Å². The van der Waals surface area contributed by atoms with Crippen LogP contribution in [-0.2, 0) is 14.3 Å². The van der Waals surface area contributed by atoms with E-state index >= 15 is 0 Å². The summed E-state index contributed by atoms with van der Waals surface area (Å²) < 4.78 is 4.20. The van der Waals surface area contributed by atoms with E-state index in [1.165, 1.54) is 12.1 Å². The number of methoxy groups -OCH3 is 1. The lowest BCUT2D eigenvalue weighted by Crippen LogP contribution is -2.13. The molecule has 1 rings (SSSR count). The van der Waals surface area contributed by atoms with Crippen LogP contribution >= 0.6 is 34.8 Å². The Kier molecular flexibility index (Phi) is 5.02. The number of hydrogen-bond donors (Lipinski definition) is 1. The number of aliphatic hydroxyl groups excluding tert-OH is 1. The summed E-state index contributed by atoms with van der Waals surface area (Å²) in [7, 11) is 1.05. The smallest absolute Gasteiger partial charge is 0.378 e. The van der Waals surface area contributed by atoms with E-state index in [9.17, 15) is 14.7 Å². The molecule has 0 aliphatic carbocycles. The summed E-state index contributed by atoms with van der Waals surface area (Å²) in [5.74, 6) is -2.62. The van der Waals surface area contributed by atoms with Crippen molar-refractivity contribution in [2.24, 2.45) is 0 Å². The molecule has 0 aliphatic heterocycles. The Balaban J connectivity index is 3.15. The first kappa shape index (κ1) is 14.8. The minimum absolute atomic E-state index is 0.0864. The molecule has 0 unspecified atom stereocenters. The number of ether oxygens (including phenoxy) is 1. The molecule has 96 valence electrons. The van der Waals surface area contributed by atoms with Crippen LogP contribution in [0.2, 0.25) is 15.1 Å². The minimum atomic E-state index is -1.10. The topological polar surface area (TPSA) is 63.6 Å². The van der Waals surface area contributed by atoms with E-state index in [1.54, 1.807) is 0 Å². The summed E-state index contributed by atoms with van der Waals surface area (Å²) in [4.78, 5) is 22.1. The van der Waals surface area contributed by atoms with Gasteiger partial charge in [0, 0.05) is 11.6 Å². The molecule has 1 N–H and O–H groups in total. The number of rotatable bonds is 3. The predicted octanol–water partition coefficient (Wildman–Crippen LogP) is 3.29. The van der Waals surface area contributed by atoms with Gasteiger partial charge in [-0.1, -0.05) is 34.8 Å². The lowest BCUT2D eigenvalue weighted by Gasteiger charge is -2.05. The average Bonchev–Trinajstić information content (AvgIpc) is 2.32. The van der Waals surface area contributed by atoms with Gasteiger partial charge in [0.25, 0.3) is 5.78 Å². The van der Waals surface area contributed by atoms with Crippen molar-refractivity contribution in [1.82, 2.24) is 0 Å². The second-order valence-electron chi connectivity index (χ2n) is 3.13. The summed E-state index contributed by atoms with van der Waals surface area (Å²) in [5, 5.41) is 10.1. The quantitative estimate of drug-likeness (QED) is 0.306. The van der Waals surface area contributed by atoms with Crippen molar-refractivity contribution >= 4 is 52.3 Å². The number of ketones is 1. The number of benzene rings is 1. The van der Waals surface area contributed by atoms with E-state index in [1.807, 2.05) is 0 Å². The number of esters is 1. The largest absolute Gasteiger partial charge is 0.507 e. The van der Waals surface area contributed by atoms with Crippen molar-refractivity contribution in [2.45, 2.75) is 0 Å². The highest BCUT2D eigenvalue weighted by Gasteiger charge is 2.15. The zero-order valence-corrected chi connectivity index (χ0v) is 11.3. The Morgan fingerprint density at radius 2 is 1.72 bits per heavy atom. The van der Waals surface area contributed by atoms with Crippen LogP contribution in [0.15, 0.2) is 18.2 Å². The third-order valence-corrected chi connectivity index (χ3v) is 2.98. The normalized spacial score (nSPS) is 11.2. The first-order valence-electron chi connectivity index (χ1n) is 4.54. The molecule has 0 fully saturated rings. The Morgan fingerprint density at radius 3 is 2.28 bits per heavy atom. The van der Waals surface area contributed by atoms with Gasteiger partial charge in [0.15, 0.2) is 0 Å². The highest BCUT2D eigenvalue weighted by atomic mass is 35.5. The van der Waals surface area contributed by atoms with Gasteiger partial charge in [-0.15, -0.1) is 0 Å². The zero-order chi connectivity index (χ0) is 13.9. The third-order valence-electron chi connectivity index (χ3n) is 1.94. The highest BCUT2D eigenvalue weighted by Crippen LogP contribution is 2.31. The Hall–Kier alpha value is -1.23. The van der Waals surface area contributed by atoms with Gasteiger partial charge >= 0.3 is 5.97 Å². The van der Waals surface area contributed by atoms with Gasteiger partial charge in [0.2, 0.25) is 0 Å². The molecular formula is C11H7Cl3O4. The van der Waals surface area contributed by atoms with Crippen LogP contribution in [0, 0.1) is 0 Å². The van der Waals surface area contributed by atoms with Gasteiger partial charge in [0.1, 0.15) is 5.76 Å². The van der Waals surface area contributed by atoms with Crippen molar-refractivity contribution in [2.75, 3.05) is 7.11 Å². The molecule has 0 aromatic heterocycles. The molecule has 0 saturated heterocycles. The molecule has 1 aromatic rings. The fourth-order valence-electron chi connectivity index (χ4n) is 1.08. The van der Waals surface area contributed by atoms with Gasteiger partial charge in [-0.05, 0) is 12.1 Å². The lowest BCUT2D eigenvalue weighted by molar-refractivity contribution is -0.149. The summed E-state index contributed by atoms with van der Waals surface area (Å²) >= 11 is 17.3. The van der Waals surface area contributed by atoms with Crippen LogP contribution in [0.3, 0.4) is 0 Å². The Bertz CT molecular complexity index is 537. The van der Waals surface area contributed by atoms with E-state index in [0.717, 1.165) is 7.11 Å². The fraction of sp³-hybridized carbons (Fsp3) is 0.0909. The molecule has 0 heterocycles.